The van der Waals surface area contributed by atoms with E-state index in [1.807, 2.05) is 0 Å². The maximum Gasteiger partial charge on any atom is 0.0588 e. The van der Waals surface area contributed by atoms with Crippen LogP contribution in [0, 0.1) is 5.41 Å². The van der Waals surface area contributed by atoms with Gasteiger partial charge in [0.05, 0.1) is 6.10 Å². The number of rotatable bonds is 2. The molecule has 2 heteroatoms. The van der Waals surface area contributed by atoms with Gasteiger partial charge in [0.25, 0.3) is 0 Å². The van der Waals surface area contributed by atoms with Crippen LogP contribution in [-0.4, -0.2) is 11.2 Å². The van der Waals surface area contributed by atoms with E-state index in [9.17, 15) is 5.11 Å². The van der Waals surface area contributed by atoms with E-state index < -0.39 is 0 Å². The molecule has 0 radical (unpaired) electrons. The molecule has 0 aromatic carbocycles. The van der Waals surface area contributed by atoms with Gasteiger partial charge >= 0.3 is 0 Å². The topological polar surface area (TPSA) is 20.2 Å². The van der Waals surface area contributed by atoms with E-state index in [2.05, 4.69) is 27.7 Å². The first kappa shape index (κ1) is 13.3. The molecule has 0 saturated heterocycles. The maximum atomic E-state index is 9.39. The molecule has 1 nitrogen and oxygen atoms in total. The van der Waals surface area contributed by atoms with Crippen molar-refractivity contribution in [2.24, 2.45) is 5.41 Å². The van der Waals surface area contributed by atoms with Crippen molar-refractivity contribution in [1.82, 2.24) is 0 Å². The zero-order chi connectivity index (χ0) is 7.49. The van der Waals surface area contributed by atoms with Gasteiger partial charge in [0.2, 0.25) is 0 Å². The maximum absolute atomic E-state index is 9.39. The number of aliphatic hydroxyl groups is 1. The van der Waals surface area contributed by atoms with Crippen LogP contribution in [0.25, 0.3) is 0 Å². The first-order chi connectivity index (χ1) is 3.98. The van der Waals surface area contributed by atoms with Crippen LogP contribution in [0.5, 0.6) is 0 Å². The average molecular weight is 178 g/mol. The molecule has 0 aliphatic carbocycles. The summed E-state index contributed by atoms with van der Waals surface area (Å²) in [5.41, 5.74) is 0.0655. The zero-order valence-corrected chi connectivity index (χ0v) is 9.00. The van der Waals surface area contributed by atoms with Crippen molar-refractivity contribution in [2.45, 2.75) is 46.6 Å². The Labute approximate surface area is 79.1 Å². The molecule has 0 spiro atoms. The average Bonchev–Trinajstić information content (AvgIpc) is 1.64. The Morgan fingerprint density at radius 2 is 1.70 bits per heavy atom. The SMILES string of the molecule is CCCC(O)C(C)(C)C.[Ti]. The molecule has 0 aromatic heterocycles. The molecule has 0 heterocycles. The molecule has 1 unspecified atom stereocenters. The Kier molecular flexibility index (Phi) is 7.09. The van der Waals surface area contributed by atoms with Crippen LogP contribution < -0.4 is 0 Å². The summed E-state index contributed by atoms with van der Waals surface area (Å²) in [6.45, 7) is 8.28. The van der Waals surface area contributed by atoms with Gasteiger partial charge in [0, 0.05) is 21.7 Å². The van der Waals surface area contributed by atoms with Crippen molar-refractivity contribution in [1.29, 1.82) is 0 Å². The normalized spacial score (nSPS) is 14.1. The minimum Gasteiger partial charge on any atom is -0.393 e. The summed E-state index contributed by atoms with van der Waals surface area (Å²) in [4.78, 5) is 0. The van der Waals surface area contributed by atoms with E-state index in [-0.39, 0.29) is 33.2 Å². The van der Waals surface area contributed by atoms with Crippen LogP contribution in [0.1, 0.15) is 40.5 Å². The third-order valence-corrected chi connectivity index (χ3v) is 1.56. The van der Waals surface area contributed by atoms with Gasteiger partial charge in [-0.05, 0) is 11.8 Å². The Morgan fingerprint density at radius 1 is 1.30 bits per heavy atom. The molecule has 0 bridgehead atoms. The third kappa shape index (κ3) is 5.46. The number of hydrogen-bond acceptors (Lipinski definition) is 1. The van der Waals surface area contributed by atoms with Gasteiger partial charge in [0.15, 0.2) is 0 Å². The summed E-state index contributed by atoms with van der Waals surface area (Å²) in [6, 6.07) is 0. The van der Waals surface area contributed by atoms with E-state index in [4.69, 9.17) is 0 Å². The molecule has 10 heavy (non-hydrogen) atoms. The minimum atomic E-state index is -0.137. The second-order valence-electron chi connectivity index (χ2n) is 3.67. The van der Waals surface area contributed by atoms with Crippen molar-refractivity contribution in [3.63, 3.8) is 0 Å². The molecular formula is C8H18OTi. The second-order valence-corrected chi connectivity index (χ2v) is 3.67. The number of aliphatic hydroxyl groups excluding tert-OH is 1. The van der Waals surface area contributed by atoms with Crippen LogP contribution in [0.2, 0.25) is 0 Å². The monoisotopic (exact) mass is 178 g/mol. The summed E-state index contributed by atoms with van der Waals surface area (Å²) in [5.74, 6) is 0. The fraction of sp³-hybridized carbons (Fsp3) is 1.00. The van der Waals surface area contributed by atoms with Crippen LogP contribution in [0.3, 0.4) is 0 Å². The Balaban J connectivity index is 0. The first-order valence-electron chi connectivity index (χ1n) is 3.66. The molecule has 60 valence electrons. The predicted molar refractivity (Wildman–Crippen MR) is 40.4 cm³/mol. The fourth-order valence-corrected chi connectivity index (χ4v) is 0.706. The van der Waals surface area contributed by atoms with E-state index in [0.29, 0.717) is 0 Å². The van der Waals surface area contributed by atoms with Crippen LogP contribution in [-0.2, 0) is 21.7 Å². The second kappa shape index (κ2) is 5.34. The van der Waals surface area contributed by atoms with Crippen molar-refractivity contribution in [3.05, 3.63) is 0 Å². The van der Waals surface area contributed by atoms with Crippen molar-refractivity contribution in [2.75, 3.05) is 0 Å². The molecule has 0 aromatic rings. The van der Waals surface area contributed by atoms with Crippen LogP contribution in [0.15, 0.2) is 0 Å². The standard InChI is InChI=1S/C8H18O.Ti/c1-5-6-7(9)8(2,3)4;/h7,9H,5-6H2,1-4H3;. The van der Waals surface area contributed by atoms with E-state index in [0.717, 1.165) is 12.8 Å². The van der Waals surface area contributed by atoms with Crippen molar-refractivity contribution < 1.29 is 26.8 Å². The largest absolute Gasteiger partial charge is 0.393 e. The summed E-state index contributed by atoms with van der Waals surface area (Å²) in [7, 11) is 0. The summed E-state index contributed by atoms with van der Waals surface area (Å²) < 4.78 is 0. The van der Waals surface area contributed by atoms with Crippen LogP contribution >= 0.6 is 0 Å². The molecule has 0 aliphatic heterocycles. The minimum absolute atomic E-state index is 0. The van der Waals surface area contributed by atoms with Gasteiger partial charge in [-0.3, -0.25) is 0 Å². The van der Waals surface area contributed by atoms with Gasteiger partial charge < -0.3 is 5.11 Å². The van der Waals surface area contributed by atoms with E-state index >= 15 is 0 Å². The molecule has 0 saturated carbocycles. The van der Waals surface area contributed by atoms with E-state index in [1.165, 1.54) is 0 Å². The fourth-order valence-electron chi connectivity index (χ4n) is 0.706. The van der Waals surface area contributed by atoms with Gasteiger partial charge in [0.1, 0.15) is 0 Å². The van der Waals surface area contributed by atoms with Crippen molar-refractivity contribution in [3.8, 4) is 0 Å². The van der Waals surface area contributed by atoms with E-state index in [1.54, 1.807) is 0 Å². The molecule has 0 amide bonds. The van der Waals surface area contributed by atoms with Gasteiger partial charge in [-0.1, -0.05) is 34.1 Å². The Hall–Kier alpha value is 0.674. The predicted octanol–water partition coefficient (Wildman–Crippen LogP) is 2.19. The third-order valence-electron chi connectivity index (χ3n) is 1.56. The first-order valence-corrected chi connectivity index (χ1v) is 3.66. The molecule has 0 rings (SSSR count). The molecular weight excluding hydrogens is 160 g/mol. The molecule has 1 atom stereocenters. The molecule has 0 aliphatic rings. The van der Waals surface area contributed by atoms with Gasteiger partial charge in [-0.15, -0.1) is 0 Å². The van der Waals surface area contributed by atoms with Gasteiger partial charge in [-0.25, -0.2) is 0 Å². The van der Waals surface area contributed by atoms with Crippen LogP contribution in [0.4, 0.5) is 0 Å². The molecule has 1 N–H and O–H groups in total. The number of hydrogen-bond donors (Lipinski definition) is 1. The summed E-state index contributed by atoms with van der Waals surface area (Å²) >= 11 is 0. The Morgan fingerprint density at radius 3 is 1.80 bits per heavy atom. The summed E-state index contributed by atoms with van der Waals surface area (Å²) in [5, 5.41) is 9.39. The summed E-state index contributed by atoms with van der Waals surface area (Å²) in [6.07, 6.45) is 1.85. The smallest absolute Gasteiger partial charge is 0.0588 e. The quantitative estimate of drug-likeness (QED) is 0.642. The Bertz CT molecular complexity index is 75.8. The zero-order valence-electron chi connectivity index (χ0n) is 7.44. The van der Waals surface area contributed by atoms with Crippen molar-refractivity contribution >= 4 is 0 Å². The van der Waals surface area contributed by atoms with Gasteiger partial charge in [-0.2, -0.15) is 0 Å². The molecule has 0 fully saturated rings.